The highest BCUT2D eigenvalue weighted by molar-refractivity contribution is 6.02. The zero-order chi connectivity index (χ0) is 19.2. The van der Waals surface area contributed by atoms with Crippen LogP contribution in [0.4, 0.5) is 5.69 Å². The first-order valence-corrected chi connectivity index (χ1v) is 8.98. The molecule has 0 unspecified atom stereocenters. The van der Waals surface area contributed by atoms with E-state index in [0.717, 1.165) is 35.7 Å². The molecular weight excluding hydrogens is 338 g/mol. The summed E-state index contributed by atoms with van der Waals surface area (Å²) in [6, 6.07) is 17.7. The molecule has 138 valence electrons. The van der Waals surface area contributed by atoms with Crippen LogP contribution in [0, 0.1) is 18.3 Å². The van der Waals surface area contributed by atoms with Crippen LogP contribution in [0.5, 0.6) is 5.75 Å². The Morgan fingerprint density at radius 3 is 2.33 bits per heavy atom. The number of carbonyl (C=O) groups is 1. The number of carbonyl (C=O) groups excluding carboxylic acids is 1. The van der Waals surface area contributed by atoms with Gasteiger partial charge in [-0.2, -0.15) is 5.26 Å². The molecule has 1 saturated heterocycles. The van der Waals surface area contributed by atoms with Crippen LogP contribution in [0.3, 0.4) is 0 Å². The van der Waals surface area contributed by atoms with Crippen LogP contribution < -0.4 is 9.64 Å². The molecule has 0 radical (unpaired) electrons. The number of nitriles is 1. The van der Waals surface area contributed by atoms with Gasteiger partial charge in [0.2, 0.25) is 0 Å². The van der Waals surface area contributed by atoms with Crippen molar-refractivity contribution in [1.82, 2.24) is 4.90 Å². The predicted molar refractivity (Wildman–Crippen MR) is 107 cm³/mol. The smallest absolute Gasteiger partial charge is 0.264 e. The Morgan fingerprint density at radius 2 is 1.74 bits per heavy atom. The number of piperazine rings is 1. The summed E-state index contributed by atoms with van der Waals surface area (Å²) in [5.41, 5.74) is 3.24. The van der Waals surface area contributed by atoms with Crippen molar-refractivity contribution in [2.24, 2.45) is 0 Å². The molecule has 1 amide bonds. The minimum Gasteiger partial charge on any atom is -0.497 e. The van der Waals surface area contributed by atoms with E-state index in [0.29, 0.717) is 13.1 Å². The number of anilines is 1. The van der Waals surface area contributed by atoms with E-state index in [-0.39, 0.29) is 11.5 Å². The number of methoxy groups -OCH3 is 1. The van der Waals surface area contributed by atoms with Gasteiger partial charge in [0.05, 0.1) is 7.11 Å². The topological polar surface area (TPSA) is 56.6 Å². The van der Waals surface area contributed by atoms with Crippen LogP contribution in [-0.2, 0) is 4.79 Å². The Balaban J connectivity index is 1.66. The number of benzene rings is 2. The maximum absolute atomic E-state index is 12.8. The summed E-state index contributed by atoms with van der Waals surface area (Å²) >= 11 is 0. The van der Waals surface area contributed by atoms with Gasteiger partial charge in [-0.3, -0.25) is 4.79 Å². The molecule has 0 atom stereocenters. The van der Waals surface area contributed by atoms with E-state index < -0.39 is 0 Å². The highest BCUT2D eigenvalue weighted by atomic mass is 16.5. The number of hydrogen-bond acceptors (Lipinski definition) is 4. The normalized spacial score (nSPS) is 14.6. The number of hydrogen-bond donors (Lipinski definition) is 0. The number of rotatable bonds is 4. The molecule has 27 heavy (non-hydrogen) atoms. The second kappa shape index (κ2) is 8.41. The van der Waals surface area contributed by atoms with Gasteiger partial charge in [0, 0.05) is 31.9 Å². The molecule has 1 aliphatic rings. The zero-order valence-electron chi connectivity index (χ0n) is 15.7. The number of nitrogens with zero attached hydrogens (tertiary/aromatic N) is 3. The molecule has 0 spiro atoms. The molecule has 0 aliphatic carbocycles. The maximum atomic E-state index is 12.8. The van der Waals surface area contributed by atoms with Gasteiger partial charge in [0.15, 0.2) is 0 Å². The third-order valence-electron chi connectivity index (χ3n) is 4.84. The second-order valence-corrected chi connectivity index (χ2v) is 6.50. The zero-order valence-corrected chi connectivity index (χ0v) is 15.7. The number of aryl methyl sites for hydroxylation is 1. The van der Waals surface area contributed by atoms with Gasteiger partial charge in [0.25, 0.3) is 5.91 Å². The van der Waals surface area contributed by atoms with Gasteiger partial charge in [-0.05, 0) is 48.4 Å². The Bertz CT molecular complexity index is 873. The molecule has 5 heteroatoms. The standard InChI is InChI=1S/C22H23N3O2/c1-17-5-3-4-6-18(17)15-19(16-23)22(26)25-13-11-24(12-14-25)20-7-9-21(27-2)10-8-20/h3-10,15H,11-14H2,1-2H3/b19-15+. The van der Waals surface area contributed by atoms with Crippen LogP contribution in [0.25, 0.3) is 6.08 Å². The van der Waals surface area contributed by atoms with E-state index in [2.05, 4.69) is 11.0 Å². The molecule has 0 N–H and O–H groups in total. The summed E-state index contributed by atoms with van der Waals surface area (Å²) in [7, 11) is 1.65. The fourth-order valence-electron chi connectivity index (χ4n) is 3.18. The Labute approximate surface area is 160 Å². The van der Waals surface area contributed by atoms with Gasteiger partial charge in [0.1, 0.15) is 17.4 Å². The van der Waals surface area contributed by atoms with Crippen molar-refractivity contribution in [3.63, 3.8) is 0 Å². The molecular formula is C22H23N3O2. The van der Waals surface area contributed by atoms with Gasteiger partial charge in [-0.25, -0.2) is 0 Å². The minimum atomic E-state index is -0.199. The highest BCUT2D eigenvalue weighted by Crippen LogP contribution is 2.21. The molecule has 1 heterocycles. The van der Waals surface area contributed by atoms with E-state index >= 15 is 0 Å². The van der Waals surface area contributed by atoms with Crippen molar-refractivity contribution in [2.75, 3.05) is 38.2 Å². The minimum absolute atomic E-state index is 0.183. The van der Waals surface area contributed by atoms with Crippen LogP contribution >= 0.6 is 0 Å². The van der Waals surface area contributed by atoms with Gasteiger partial charge < -0.3 is 14.5 Å². The fraction of sp³-hybridized carbons (Fsp3) is 0.273. The fourth-order valence-corrected chi connectivity index (χ4v) is 3.18. The molecule has 2 aromatic rings. The monoisotopic (exact) mass is 361 g/mol. The van der Waals surface area contributed by atoms with E-state index in [4.69, 9.17) is 4.74 Å². The van der Waals surface area contributed by atoms with Crippen molar-refractivity contribution < 1.29 is 9.53 Å². The second-order valence-electron chi connectivity index (χ2n) is 6.50. The average Bonchev–Trinajstić information content (AvgIpc) is 2.73. The maximum Gasteiger partial charge on any atom is 0.264 e. The van der Waals surface area contributed by atoms with E-state index in [9.17, 15) is 10.1 Å². The lowest BCUT2D eigenvalue weighted by atomic mass is 10.1. The summed E-state index contributed by atoms with van der Waals surface area (Å²) in [5.74, 6) is 0.628. The summed E-state index contributed by atoms with van der Waals surface area (Å²) in [5, 5.41) is 9.47. The number of ether oxygens (including phenoxy) is 1. The molecule has 0 aromatic heterocycles. The largest absolute Gasteiger partial charge is 0.497 e. The van der Waals surface area contributed by atoms with Crippen LogP contribution in [-0.4, -0.2) is 44.1 Å². The third-order valence-corrected chi connectivity index (χ3v) is 4.84. The van der Waals surface area contributed by atoms with Crippen molar-refractivity contribution in [3.8, 4) is 11.8 Å². The van der Waals surface area contributed by atoms with Crippen molar-refractivity contribution >= 4 is 17.7 Å². The third kappa shape index (κ3) is 4.29. The van der Waals surface area contributed by atoms with Gasteiger partial charge >= 0.3 is 0 Å². The SMILES string of the molecule is COc1ccc(N2CCN(C(=O)/C(C#N)=C/c3ccccc3C)CC2)cc1. The van der Waals surface area contributed by atoms with Gasteiger partial charge in [-0.15, -0.1) is 0 Å². The summed E-state index contributed by atoms with van der Waals surface area (Å²) in [6.45, 7) is 4.64. The molecule has 3 rings (SSSR count). The first-order valence-electron chi connectivity index (χ1n) is 8.98. The molecule has 0 bridgehead atoms. The lowest BCUT2D eigenvalue weighted by Crippen LogP contribution is -2.49. The lowest BCUT2D eigenvalue weighted by Gasteiger charge is -2.36. The van der Waals surface area contributed by atoms with Crippen LogP contribution in [0.2, 0.25) is 0 Å². The van der Waals surface area contributed by atoms with E-state index in [1.54, 1.807) is 18.1 Å². The Hall–Kier alpha value is -3.26. The van der Waals surface area contributed by atoms with E-state index in [1.807, 2.05) is 55.5 Å². The predicted octanol–water partition coefficient (Wildman–Crippen LogP) is 3.26. The average molecular weight is 361 g/mol. The molecule has 0 saturated carbocycles. The van der Waals surface area contributed by atoms with Crippen LogP contribution in [0.1, 0.15) is 11.1 Å². The van der Waals surface area contributed by atoms with E-state index in [1.165, 1.54) is 0 Å². The Morgan fingerprint density at radius 1 is 1.07 bits per heavy atom. The summed E-state index contributed by atoms with van der Waals surface area (Å²) < 4.78 is 5.19. The lowest BCUT2D eigenvalue weighted by molar-refractivity contribution is -0.126. The first-order chi connectivity index (χ1) is 13.1. The Kier molecular flexibility index (Phi) is 5.77. The van der Waals surface area contributed by atoms with Crippen LogP contribution in [0.15, 0.2) is 54.1 Å². The quantitative estimate of drug-likeness (QED) is 0.620. The first kappa shape index (κ1) is 18.5. The molecule has 2 aromatic carbocycles. The van der Waals surface area contributed by atoms with Gasteiger partial charge in [-0.1, -0.05) is 24.3 Å². The highest BCUT2D eigenvalue weighted by Gasteiger charge is 2.24. The number of amides is 1. The van der Waals surface area contributed by atoms with Crippen molar-refractivity contribution in [1.29, 1.82) is 5.26 Å². The van der Waals surface area contributed by atoms with Crippen molar-refractivity contribution in [3.05, 3.63) is 65.2 Å². The summed E-state index contributed by atoms with van der Waals surface area (Å²) in [6.07, 6.45) is 1.69. The summed E-state index contributed by atoms with van der Waals surface area (Å²) in [4.78, 5) is 16.8. The molecule has 1 fully saturated rings. The van der Waals surface area contributed by atoms with Crippen molar-refractivity contribution in [2.45, 2.75) is 6.92 Å². The molecule has 1 aliphatic heterocycles. The molecule has 5 nitrogen and oxygen atoms in total.